The standard InChI is InChI=1S/C14H22N2O4/c1-13(2)7-10(17)16(11(13)18)8-14(15-3,9-5-6-9)12(19)20-4/h9,15H,5-8H2,1-4H3. The summed E-state index contributed by atoms with van der Waals surface area (Å²) in [5, 5.41) is 3.00. The second kappa shape index (κ2) is 4.84. The van der Waals surface area contributed by atoms with Crippen molar-refractivity contribution in [3.63, 3.8) is 0 Å². The van der Waals surface area contributed by atoms with Crippen LogP contribution in [-0.2, 0) is 19.1 Å². The highest BCUT2D eigenvalue weighted by molar-refractivity contribution is 6.06. The molecule has 0 radical (unpaired) electrons. The maximum Gasteiger partial charge on any atom is 0.328 e. The molecule has 0 aromatic rings. The number of esters is 1. The number of likely N-dealkylation sites (tertiary alicyclic amines) is 1. The van der Waals surface area contributed by atoms with Gasteiger partial charge in [-0.05, 0) is 25.8 Å². The molecule has 0 spiro atoms. The Balaban J connectivity index is 2.27. The second-order valence-corrected chi connectivity index (χ2v) is 6.33. The van der Waals surface area contributed by atoms with Crippen LogP contribution in [0.1, 0.15) is 33.1 Å². The van der Waals surface area contributed by atoms with Crippen molar-refractivity contribution < 1.29 is 19.1 Å². The molecule has 6 heteroatoms. The van der Waals surface area contributed by atoms with Crippen LogP contribution in [0, 0.1) is 11.3 Å². The van der Waals surface area contributed by atoms with Crippen LogP contribution >= 0.6 is 0 Å². The third kappa shape index (κ3) is 2.22. The molecule has 112 valence electrons. The topological polar surface area (TPSA) is 75.7 Å². The van der Waals surface area contributed by atoms with E-state index in [1.807, 2.05) is 0 Å². The number of amides is 2. The number of hydrogen-bond donors (Lipinski definition) is 1. The molecular formula is C14H22N2O4. The summed E-state index contributed by atoms with van der Waals surface area (Å²) < 4.78 is 4.89. The van der Waals surface area contributed by atoms with Crippen molar-refractivity contribution in [2.45, 2.75) is 38.6 Å². The van der Waals surface area contributed by atoms with Crippen molar-refractivity contribution in [2.24, 2.45) is 11.3 Å². The number of ether oxygens (including phenoxy) is 1. The lowest BCUT2D eigenvalue weighted by Gasteiger charge is -2.34. The lowest BCUT2D eigenvalue weighted by atomic mass is 9.91. The maximum absolute atomic E-state index is 12.3. The highest BCUT2D eigenvalue weighted by Crippen LogP contribution is 2.42. The van der Waals surface area contributed by atoms with E-state index >= 15 is 0 Å². The lowest BCUT2D eigenvalue weighted by Crippen LogP contribution is -2.61. The Morgan fingerprint density at radius 3 is 2.40 bits per heavy atom. The SMILES string of the molecule is CNC(CN1C(=O)CC(C)(C)C1=O)(C(=O)OC)C1CC1. The molecule has 1 atom stereocenters. The Labute approximate surface area is 118 Å². The molecule has 6 nitrogen and oxygen atoms in total. The summed E-state index contributed by atoms with van der Waals surface area (Å²) in [4.78, 5) is 37.8. The highest BCUT2D eigenvalue weighted by Gasteiger charge is 2.56. The normalized spacial score (nSPS) is 24.7. The van der Waals surface area contributed by atoms with Gasteiger partial charge in [0.05, 0.1) is 19.1 Å². The van der Waals surface area contributed by atoms with Gasteiger partial charge in [-0.25, -0.2) is 4.79 Å². The molecule has 2 rings (SSSR count). The Morgan fingerprint density at radius 1 is 1.45 bits per heavy atom. The molecule has 1 N–H and O–H groups in total. The van der Waals surface area contributed by atoms with Gasteiger partial charge in [-0.3, -0.25) is 14.5 Å². The Morgan fingerprint density at radius 2 is 2.05 bits per heavy atom. The Kier molecular flexibility index (Phi) is 3.62. The minimum atomic E-state index is -0.972. The molecule has 1 saturated heterocycles. The first-order chi connectivity index (χ1) is 9.28. The van der Waals surface area contributed by atoms with Gasteiger partial charge < -0.3 is 10.1 Å². The molecule has 1 aliphatic heterocycles. The number of rotatable bonds is 5. The molecular weight excluding hydrogens is 260 g/mol. The van der Waals surface area contributed by atoms with E-state index in [1.165, 1.54) is 12.0 Å². The van der Waals surface area contributed by atoms with E-state index in [-0.39, 0.29) is 30.7 Å². The van der Waals surface area contributed by atoms with E-state index in [4.69, 9.17) is 4.74 Å². The van der Waals surface area contributed by atoms with E-state index in [2.05, 4.69) is 5.32 Å². The van der Waals surface area contributed by atoms with Gasteiger partial charge in [0.25, 0.3) is 0 Å². The van der Waals surface area contributed by atoms with Crippen LogP contribution in [0.15, 0.2) is 0 Å². The van der Waals surface area contributed by atoms with E-state index in [9.17, 15) is 14.4 Å². The van der Waals surface area contributed by atoms with E-state index in [0.29, 0.717) is 0 Å². The predicted octanol–water partition coefficient (Wildman–Crippen LogP) is 0.313. The monoisotopic (exact) mass is 282 g/mol. The van der Waals surface area contributed by atoms with Crippen LogP contribution in [-0.4, -0.2) is 48.9 Å². The number of methoxy groups -OCH3 is 1. The number of imide groups is 1. The fraction of sp³-hybridized carbons (Fsp3) is 0.786. The number of nitrogens with one attached hydrogen (secondary N) is 1. The third-order valence-corrected chi connectivity index (χ3v) is 4.40. The van der Waals surface area contributed by atoms with Crippen LogP contribution in [0.5, 0.6) is 0 Å². The maximum atomic E-state index is 12.3. The summed E-state index contributed by atoms with van der Waals surface area (Å²) >= 11 is 0. The summed E-state index contributed by atoms with van der Waals surface area (Å²) in [5.41, 5.74) is -1.66. The Hall–Kier alpha value is -1.43. The molecule has 0 bridgehead atoms. The molecule has 0 aromatic heterocycles. The molecule has 1 unspecified atom stereocenters. The number of nitrogens with zero attached hydrogens (tertiary/aromatic N) is 1. The second-order valence-electron chi connectivity index (χ2n) is 6.33. The van der Waals surface area contributed by atoms with Crippen molar-refractivity contribution >= 4 is 17.8 Å². The number of carbonyl (C=O) groups is 3. The third-order valence-electron chi connectivity index (χ3n) is 4.40. The number of carbonyl (C=O) groups excluding carboxylic acids is 3. The summed E-state index contributed by atoms with van der Waals surface area (Å²) in [6, 6.07) is 0. The zero-order valence-electron chi connectivity index (χ0n) is 12.5. The van der Waals surface area contributed by atoms with Gasteiger partial charge in [-0.1, -0.05) is 13.8 Å². The van der Waals surface area contributed by atoms with Crippen molar-refractivity contribution in [2.75, 3.05) is 20.7 Å². The predicted molar refractivity (Wildman–Crippen MR) is 71.6 cm³/mol. The van der Waals surface area contributed by atoms with Crippen molar-refractivity contribution in [3.8, 4) is 0 Å². The van der Waals surface area contributed by atoms with Crippen LogP contribution in [0.2, 0.25) is 0 Å². The molecule has 2 fully saturated rings. The molecule has 2 amide bonds. The van der Waals surface area contributed by atoms with Crippen molar-refractivity contribution in [1.29, 1.82) is 0 Å². The molecule has 1 aliphatic carbocycles. The molecule has 20 heavy (non-hydrogen) atoms. The van der Waals surface area contributed by atoms with Crippen LogP contribution in [0.25, 0.3) is 0 Å². The van der Waals surface area contributed by atoms with Gasteiger partial charge in [0.15, 0.2) is 0 Å². The largest absolute Gasteiger partial charge is 0.468 e. The summed E-state index contributed by atoms with van der Waals surface area (Å²) in [5.74, 6) is -0.729. The van der Waals surface area contributed by atoms with E-state index in [1.54, 1.807) is 20.9 Å². The Bertz CT molecular complexity index is 456. The van der Waals surface area contributed by atoms with Gasteiger partial charge in [0, 0.05) is 6.42 Å². The number of likely N-dealkylation sites (N-methyl/N-ethyl adjacent to an activating group) is 1. The lowest BCUT2D eigenvalue weighted by molar-refractivity contribution is -0.153. The highest BCUT2D eigenvalue weighted by atomic mass is 16.5. The molecule has 1 heterocycles. The molecule has 0 aromatic carbocycles. The van der Waals surface area contributed by atoms with Crippen LogP contribution < -0.4 is 5.32 Å². The van der Waals surface area contributed by atoms with E-state index in [0.717, 1.165) is 12.8 Å². The quantitative estimate of drug-likeness (QED) is 0.580. The zero-order chi connectivity index (χ0) is 15.1. The van der Waals surface area contributed by atoms with Gasteiger partial charge in [0.1, 0.15) is 5.54 Å². The van der Waals surface area contributed by atoms with Gasteiger partial charge in [-0.15, -0.1) is 0 Å². The van der Waals surface area contributed by atoms with Gasteiger partial charge in [-0.2, -0.15) is 0 Å². The average molecular weight is 282 g/mol. The first kappa shape index (κ1) is 15.0. The van der Waals surface area contributed by atoms with E-state index < -0.39 is 16.9 Å². The first-order valence-corrected chi connectivity index (χ1v) is 6.90. The minimum Gasteiger partial charge on any atom is -0.468 e. The fourth-order valence-corrected chi connectivity index (χ4v) is 2.94. The first-order valence-electron chi connectivity index (χ1n) is 6.90. The zero-order valence-corrected chi connectivity index (χ0v) is 12.5. The average Bonchev–Trinajstić information content (AvgIpc) is 3.20. The molecule has 1 saturated carbocycles. The van der Waals surface area contributed by atoms with Crippen LogP contribution in [0.3, 0.4) is 0 Å². The fourth-order valence-electron chi connectivity index (χ4n) is 2.94. The van der Waals surface area contributed by atoms with Gasteiger partial charge >= 0.3 is 5.97 Å². The van der Waals surface area contributed by atoms with Crippen LogP contribution in [0.4, 0.5) is 0 Å². The molecule has 2 aliphatic rings. The van der Waals surface area contributed by atoms with Crippen molar-refractivity contribution in [3.05, 3.63) is 0 Å². The number of hydrogen-bond acceptors (Lipinski definition) is 5. The minimum absolute atomic E-state index is 0.0575. The van der Waals surface area contributed by atoms with Gasteiger partial charge in [0.2, 0.25) is 11.8 Å². The summed E-state index contributed by atoms with van der Waals surface area (Å²) in [7, 11) is 3.00. The summed E-state index contributed by atoms with van der Waals surface area (Å²) in [6.07, 6.45) is 1.99. The van der Waals surface area contributed by atoms with Crippen molar-refractivity contribution in [1.82, 2.24) is 10.2 Å². The summed E-state index contributed by atoms with van der Waals surface area (Å²) in [6.45, 7) is 3.56. The smallest absolute Gasteiger partial charge is 0.328 e.